The second-order valence-corrected chi connectivity index (χ2v) is 6.51. The van der Waals surface area contributed by atoms with E-state index in [-0.39, 0.29) is 11.5 Å². The number of aryl methyl sites for hydroxylation is 1. The zero-order valence-electron chi connectivity index (χ0n) is 11.7. The van der Waals surface area contributed by atoms with Gasteiger partial charge in [-0.3, -0.25) is 0 Å². The van der Waals surface area contributed by atoms with Crippen molar-refractivity contribution in [1.29, 1.82) is 0 Å². The Bertz CT molecular complexity index is 747. The van der Waals surface area contributed by atoms with Gasteiger partial charge < -0.3 is 10.2 Å². The average Bonchev–Trinajstić information content (AvgIpc) is 2.44. The summed E-state index contributed by atoms with van der Waals surface area (Å²) in [5.41, 5.74) is 3.20. The van der Waals surface area contributed by atoms with Gasteiger partial charge in [0.2, 0.25) is 0 Å². The van der Waals surface area contributed by atoms with Crippen LogP contribution < -0.4 is 16.0 Å². The predicted octanol–water partition coefficient (Wildman–Crippen LogP) is 1.05. The maximum absolute atomic E-state index is 11.5. The van der Waals surface area contributed by atoms with Crippen LogP contribution >= 0.6 is 0 Å². The number of ether oxygens (including phenoxy) is 1. The van der Waals surface area contributed by atoms with E-state index in [1.807, 2.05) is 6.92 Å². The van der Waals surface area contributed by atoms with E-state index in [0.29, 0.717) is 17.4 Å². The number of sulfone groups is 1. The number of hydrogen-bond donors (Lipinski definition) is 2. The number of hydrogen-bond acceptors (Lipinski definition) is 7. The third kappa shape index (κ3) is 4.14. The lowest BCUT2D eigenvalue weighted by atomic mass is 10.3. The van der Waals surface area contributed by atoms with E-state index < -0.39 is 9.84 Å². The van der Waals surface area contributed by atoms with Crippen LogP contribution in [0.5, 0.6) is 5.75 Å². The van der Waals surface area contributed by atoms with E-state index >= 15 is 0 Å². The van der Waals surface area contributed by atoms with Gasteiger partial charge in [0.25, 0.3) is 0 Å². The van der Waals surface area contributed by atoms with Gasteiger partial charge in [0, 0.05) is 18.0 Å². The van der Waals surface area contributed by atoms with Gasteiger partial charge in [-0.15, -0.1) is 0 Å². The van der Waals surface area contributed by atoms with Crippen LogP contribution in [0.4, 0.5) is 5.82 Å². The second kappa shape index (κ2) is 6.06. The highest BCUT2D eigenvalue weighted by Gasteiger charge is 2.08. The van der Waals surface area contributed by atoms with Gasteiger partial charge >= 0.3 is 0 Å². The maximum Gasteiger partial charge on any atom is 0.175 e. The maximum atomic E-state index is 11.5. The molecule has 7 nitrogen and oxygen atoms in total. The molecule has 112 valence electrons. The van der Waals surface area contributed by atoms with Crippen molar-refractivity contribution < 1.29 is 13.2 Å². The first-order valence-electron chi connectivity index (χ1n) is 6.12. The molecule has 1 heterocycles. The summed E-state index contributed by atoms with van der Waals surface area (Å²) in [4.78, 5) is 8.57. The molecular formula is C13H16N4O3S. The summed E-state index contributed by atoms with van der Waals surface area (Å²) in [5.74, 6) is 6.69. The lowest BCUT2D eigenvalue weighted by Crippen LogP contribution is -2.12. The second-order valence-electron chi connectivity index (χ2n) is 4.49. The Morgan fingerprint density at radius 1 is 1.29 bits per heavy atom. The molecule has 0 saturated carbocycles. The number of nitrogens with one attached hydrogen (secondary N) is 1. The molecule has 0 aliphatic rings. The number of nitrogen functional groups attached to an aromatic ring is 1. The van der Waals surface area contributed by atoms with E-state index in [2.05, 4.69) is 15.4 Å². The molecule has 0 saturated heterocycles. The summed E-state index contributed by atoms with van der Waals surface area (Å²) in [6.07, 6.45) is 1.15. The van der Waals surface area contributed by atoms with E-state index in [9.17, 15) is 8.42 Å². The zero-order chi connectivity index (χ0) is 15.5. The third-order valence-electron chi connectivity index (χ3n) is 2.65. The van der Waals surface area contributed by atoms with Crippen molar-refractivity contribution in [1.82, 2.24) is 9.97 Å². The van der Waals surface area contributed by atoms with Gasteiger partial charge in [-0.2, -0.15) is 0 Å². The topological polar surface area (TPSA) is 107 Å². The molecule has 0 unspecified atom stereocenters. The minimum Gasteiger partial charge on any atom is -0.486 e. The van der Waals surface area contributed by atoms with E-state index in [1.165, 1.54) is 12.1 Å². The standard InChI is InChI=1S/C13H16N4O3S/c1-9-6-12(17-14)16-13(15-9)8-20-10-4-3-5-11(7-10)21(2,18)19/h3-7H,8,14H2,1-2H3,(H,15,16,17). The highest BCUT2D eigenvalue weighted by Crippen LogP contribution is 2.18. The molecule has 0 bridgehead atoms. The molecule has 0 aliphatic carbocycles. The third-order valence-corrected chi connectivity index (χ3v) is 3.76. The largest absolute Gasteiger partial charge is 0.486 e. The Balaban J connectivity index is 2.15. The molecule has 1 aromatic carbocycles. The molecule has 8 heteroatoms. The number of nitrogens with two attached hydrogens (primary N) is 1. The minimum atomic E-state index is -3.26. The van der Waals surface area contributed by atoms with Crippen molar-refractivity contribution in [3.05, 3.63) is 41.9 Å². The van der Waals surface area contributed by atoms with Crippen molar-refractivity contribution in [2.24, 2.45) is 5.84 Å². The Hall–Kier alpha value is -2.19. The van der Waals surface area contributed by atoms with Gasteiger partial charge in [0.15, 0.2) is 15.7 Å². The highest BCUT2D eigenvalue weighted by molar-refractivity contribution is 7.90. The fourth-order valence-electron chi connectivity index (χ4n) is 1.71. The van der Waals surface area contributed by atoms with Crippen molar-refractivity contribution in [2.45, 2.75) is 18.4 Å². The first-order chi connectivity index (χ1) is 9.88. The normalized spacial score (nSPS) is 11.2. The Morgan fingerprint density at radius 3 is 2.71 bits per heavy atom. The summed E-state index contributed by atoms with van der Waals surface area (Å²) in [6, 6.07) is 7.98. The van der Waals surface area contributed by atoms with Crippen LogP contribution in [-0.2, 0) is 16.4 Å². The van der Waals surface area contributed by atoms with Crippen LogP contribution in [0.1, 0.15) is 11.5 Å². The van der Waals surface area contributed by atoms with Gasteiger partial charge in [-0.25, -0.2) is 24.2 Å². The molecule has 21 heavy (non-hydrogen) atoms. The number of hydrazine groups is 1. The van der Waals surface area contributed by atoms with Crippen LogP contribution in [0.2, 0.25) is 0 Å². The molecule has 0 spiro atoms. The van der Waals surface area contributed by atoms with E-state index in [1.54, 1.807) is 18.2 Å². The predicted molar refractivity (Wildman–Crippen MR) is 78.5 cm³/mol. The molecule has 0 atom stereocenters. The van der Waals surface area contributed by atoms with Gasteiger partial charge in [-0.1, -0.05) is 6.07 Å². The minimum absolute atomic E-state index is 0.115. The number of benzene rings is 1. The van der Waals surface area contributed by atoms with Crippen molar-refractivity contribution >= 4 is 15.7 Å². The SMILES string of the molecule is Cc1cc(NN)nc(COc2cccc(S(C)(=O)=O)c2)n1. The molecule has 1 aromatic heterocycles. The van der Waals surface area contributed by atoms with Gasteiger partial charge in [0.05, 0.1) is 4.90 Å². The smallest absolute Gasteiger partial charge is 0.175 e. The van der Waals surface area contributed by atoms with Crippen molar-refractivity contribution in [3.8, 4) is 5.75 Å². The first-order valence-corrected chi connectivity index (χ1v) is 8.02. The summed E-state index contributed by atoms with van der Waals surface area (Å²) in [6.45, 7) is 1.93. The fourth-order valence-corrected chi connectivity index (χ4v) is 2.37. The Labute approximate surface area is 123 Å². The van der Waals surface area contributed by atoms with Gasteiger partial charge in [0.1, 0.15) is 18.2 Å². The first kappa shape index (κ1) is 15.2. The van der Waals surface area contributed by atoms with Crippen molar-refractivity contribution in [2.75, 3.05) is 11.7 Å². The Kier molecular flexibility index (Phi) is 4.39. The lowest BCUT2D eigenvalue weighted by Gasteiger charge is -2.08. The van der Waals surface area contributed by atoms with Crippen LogP contribution in [0.3, 0.4) is 0 Å². The van der Waals surface area contributed by atoms with E-state index in [4.69, 9.17) is 10.6 Å². The van der Waals surface area contributed by atoms with Gasteiger partial charge in [-0.05, 0) is 25.1 Å². The van der Waals surface area contributed by atoms with Crippen LogP contribution in [0, 0.1) is 6.92 Å². The highest BCUT2D eigenvalue weighted by atomic mass is 32.2. The average molecular weight is 308 g/mol. The quantitative estimate of drug-likeness (QED) is 0.628. The molecule has 0 fully saturated rings. The fraction of sp³-hybridized carbons (Fsp3) is 0.231. The molecule has 3 N–H and O–H groups in total. The number of nitrogens with zero attached hydrogens (tertiary/aromatic N) is 2. The summed E-state index contributed by atoms with van der Waals surface area (Å²) in [7, 11) is -3.26. The molecule has 2 aromatic rings. The Morgan fingerprint density at radius 2 is 2.05 bits per heavy atom. The number of rotatable bonds is 5. The van der Waals surface area contributed by atoms with Crippen molar-refractivity contribution in [3.63, 3.8) is 0 Å². The number of anilines is 1. The molecule has 0 amide bonds. The van der Waals surface area contributed by atoms with Crippen LogP contribution in [-0.4, -0.2) is 24.6 Å². The molecular weight excluding hydrogens is 292 g/mol. The van der Waals surface area contributed by atoms with Crippen LogP contribution in [0.15, 0.2) is 35.2 Å². The summed E-state index contributed by atoms with van der Waals surface area (Å²) in [5, 5.41) is 0. The lowest BCUT2D eigenvalue weighted by molar-refractivity contribution is 0.295. The van der Waals surface area contributed by atoms with E-state index in [0.717, 1.165) is 11.9 Å². The molecule has 2 rings (SSSR count). The monoisotopic (exact) mass is 308 g/mol. The molecule has 0 aliphatic heterocycles. The number of aromatic nitrogens is 2. The summed E-state index contributed by atoms with van der Waals surface area (Å²) >= 11 is 0. The molecule has 0 radical (unpaired) electrons. The van der Waals surface area contributed by atoms with Crippen LogP contribution in [0.25, 0.3) is 0 Å². The summed E-state index contributed by atoms with van der Waals surface area (Å²) < 4.78 is 28.5. The zero-order valence-corrected chi connectivity index (χ0v) is 12.5.